The van der Waals surface area contributed by atoms with Crippen LogP contribution in [0.25, 0.3) is 0 Å². The average molecular weight is 265 g/mol. The normalized spacial score (nSPS) is 25.6. The van der Waals surface area contributed by atoms with Gasteiger partial charge in [-0.2, -0.15) is 0 Å². The first-order valence-electron chi connectivity index (χ1n) is 7.21. The van der Waals surface area contributed by atoms with Crippen LogP contribution in [0.5, 0.6) is 0 Å². The van der Waals surface area contributed by atoms with Gasteiger partial charge in [0.05, 0.1) is 6.04 Å². The van der Waals surface area contributed by atoms with Gasteiger partial charge in [-0.1, -0.05) is 19.8 Å². The van der Waals surface area contributed by atoms with Gasteiger partial charge in [0.15, 0.2) is 0 Å². The first-order valence-corrected chi connectivity index (χ1v) is 8.09. The Hall–Kier alpha value is -0.450. The summed E-state index contributed by atoms with van der Waals surface area (Å²) < 4.78 is 0. The van der Waals surface area contributed by atoms with Crippen molar-refractivity contribution in [3.05, 3.63) is 16.6 Å². The molecule has 3 rings (SSSR count). The number of rotatable bonds is 3. The standard InChI is InChI=1S/C14H23N3S/c1-2-12(13-15-8-10-18-13)17-9-7-16-14(11-17)5-3-4-6-14/h8,10,12,16H,2-7,9,11H2,1H3. The second-order valence-electron chi connectivity index (χ2n) is 5.68. The van der Waals surface area contributed by atoms with Crippen molar-refractivity contribution in [2.45, 2.75) is 50.6 Å². The van der Waals surface area contributed by atoms with E-state index >= 15 is 0 Å². The molecule has 1 saturated carbocycles. The molecule has 1 aliphatic carbocycles. The monoisotopic (exact) mass is 265 g/mol. The molecule has 0 bridgehead atoms. The molecular weight excluding hydrogens is 242 g/mol. The lowest BCUT2D eigenvalue weighted by Gasteiger charge is -2.44. The van der Waals surface area contributed by atoms with E-state index in [1.165, 1.54) is 50.2 Å². The Morgan fingerprint density at radius 1 is 1.50 bits per heavy atom. The summed E-state index contributed by atoms with van der Waals surface area (Å²) in [6, 6.07) is 0.532. The molecule has 18 heavy (non-hydrogen) atoms. The van der Waals surface area contributed by atoms with Crippen LogP contribution >= 0.6 is 11.3 Å². The van der Waals surface area contributed by atoms with Gasteiger partial charge in [-0.15, -0.1) is 11.3 Å². The quantitative estimate of drug-likeness (QED) is 0.911. The minimum atomic E-state index is 0.420. The molecule has 0 aromatic carbocycles. The molecule has 1 N–H and O–H groups in total. The summed E-state index contributed by atoms with van der Waals surface area (Å²) in [6.45, 7) is 5.81. The number of nitrogens with one attached hydrogen (secondary N) is 1. The fourth-order valence-corrected chi connectivity index (χ4v) is 4.48. The van der Waals surface area contributed by atoms with Crippen LogP contribution in [0.1, 0.15) is 50.1 Å². The van der Waals surface area contributed by atoms with Crippen molar-refractivity contribution < 1.29 is 0 Å². The second-order valence-corrected chi connectivity index (χ2v) is 6.61. The number of nitrogens with zero attached hydrogens (tertiary/aromatic N) is 2. The lowest BCUT2D eigenvalue weighted by molar-refractivity contribution is 0.0912. The second kappa shape index (κ2) is 5.27. The third-order valence-corrected chi connectivity index (χ3v) is 5.41. The summed E-state index contributed by atoms with van der Waals surface area (Å²) in [5, 5.41) is 7.19. The third kappa shape index (κ3) is 2.33. The average Bonchev–Trinajstić information content (AvgIpc) is 3.03. The summed E-state index contributed by atoms with van der Waals surface area (Å²) >= 11 is 1.81. The molecule has 1 spiro atoms. The Morgan fingerprint density at radius 2 is 2.33 bits per heavy atom. The van der Waals surface area contributed by atoms with Crippen molar-refractivity contribution in [2.75, 3.05) is 19.6 Å². The van der Waals surface area contributed by atoms with E-state index in [-0.39, 0.29) is 0 Å². The van der Waals surface area contributed by atoms with Crippen molar-refractivity contribution in [3.8, 4) is 0 Å². The Labute approximate surface area is 114 Å². The van der Waals surface area contributed by atoms with Gasteiger partial charge in [-0.05, 0) is 19.3 Å². The molecule has 2 heterocycles. The van der Waals surface area contributed by atoms with Crippen LogP contribution in [0.4, 0.5) is 0 Å². The van der Waals surface area contributed by atoms with Crippen LogP contribution in [-0.4, -0.2) is 35.1 Å². The highest BCUT2D eigenvalue weighted by molar-refractivity contribution is 7.09. The third-order valence-electron chi connectivity index (χ3n) is 4.53. The van der Waals surface area contributed by atoms with Crippen LogP contribution in [0, 0.1) is 0 Å². The molecule has 1 aliphatic heterocycles. The highest BCUT2D eigenvalue weighted by atomic mass is 32.1. The van der Waals surface area contributed by atoms with E-state index in [0.29, 0.717) is 11.6 Å². The molecule has 1 aromatic rings. The fraction of sp³-hybridized carbons (Fsp3) is 0.786. The van der Waals surface area contributed by atoms with Gasteiger partial charge in [-0.3, -0.25) is 4.90 Å². The lowest BCUT2D eigenvalue weighted by atomic mass is 9.93. The summed E-state index contributed by atoms with van der Waals surface area (Å²) in [4.78, 5) is 7.20. The lowest BCUT2D eigenvalue weighted by Crippen LogP contribution is -2.59. The Bertz CT molecular complexity index is 370. The molecule has 1 saturated heterocycles. The smallest absolute Gasteiger partial charge is 0.110 e. The molecule has 4 heteroatoms. The summed E-state index contributed by atoms with van der Waals surface area (Å²) in [6.07, 6.45) is 8.62. The molecule has 1 atom stereocenters. The number of aromatic nitrogens is 1. The maximum absolute atomic E-state index is 4.53. The minimum absolute atomic E-state index is 0.420. The van der Waals surface area contributed by atoms with Crippen LogP contribution in [-0.2, 0) is 0 Å². The van der Waals surface area contributed by atoms with Crippen molar-refractivity contribution in [2.24, 2.45) is 0 Å². The molecule has 100 valence electrons. The molecule has 1 aromatic heterocycles. The largest absolute Gasteiger partial charge is 0.309 e. The van der Waals surface area contributed by atoms with Crippen LogP contribution in [0.2, 0.25) is 0 Å². The highest BCUT2D eigenvalue weighted by Crippen LogP contribution is 2.35. The molecular formula is C14H23N3S. The number of thiazole rings is 1. The number of hydrogen-bond donors (Lipinski definition) is 1. The van der Waals surface area contributed by atoms with Crippen molar-refractivity contribution in [1.29, 1.82) is 0 Å². The summed E-state index contributed by atoms with van der Waals surface area (Å²) in [7, 11) is 0. The van der Waals surface area contributed by atoms with Gasteiger partial charge >= 0.3 is 0 Å². The van der Waals surface area contributed by atoms with E-state index in [2.05, 4.69) is 27.5 Å². The van der Waals surface area contributed by atoms with Crippen molar-refractivity contribution in [3.63, 3.8) is 0 Å². The molecule has 3 nitrogen and oxygen atoms in total. The van der Waals surface area contributed by atoms with Gasteiger partial charge in [0, 0.05) is 36.8 Å². The number of hydrogen-bond acceptors (Lipinski definition) is 4. The van der Waals surface area contributed by atoms with Gasteiger partial charge in [-0.25, -0.2) is 4.98 Å². The van der Waals surface area contributed by atoms with Crippen molar-refractivity contribution in [1.82, 2.24) is 15.2 Å². The van der Waals surface area contributed by atoms with Gasteiger partial charge in [0.1, 0.15) is 5.01 Å². The fourth-order valence-electron chi connectivity index (χ4n) is 3.63. The molecule has 1 unspecified atom stereocenters. The molecule has 0 amide bonds. The van der Waals surface area contributed by atoms with Crippen LogP contribution in [0.3, 0.4) is 0 Å². The Kier molecular flexibility index (Phi) is 3.68. The SMILES string of the molecule is CCC(c1nccs1)N1CCNC2(CCCC2)C1. The van der Waals surface area contributed by atoms with E-state index in [1.807, 2.05) is 17.5 Å². The predicted octanol–water partition coefficient (Wildman–Crippen LogP) is 2.81. The van der Waals surface area contributed by atoms with E-state index in [1.54, 1.807) is 0 Å². The first-order chi connectivity index (χ1) is 8.83. The zero-order chi connectivity index (χ0) is 12.4. The van der Waals surface area contributed by atoms with E-state index in [0.717, 1.165) is 6.54 Å². The van der Waals surface area contributed by atoms with Gasteiger partial charge in [0.25, 0.3) is 0 Å². The predicted molar refractivity (Wildman–Crippen MR) is 75.9 cm³/mol. The Balaban J connectivity index is 1.74. The molecule has 0 radical (unpaired) electrons. The van der Waals surface area contributed by atoms with E-state index in [4.69, 9.17) is 0 Å². The Morgan fingerprint density at radius 3 is 3.00 bits per heavy atom. The molecule has 2 aliphatic rings. The topological polar surface area (TPSA) is 28.2 Å². The van der Waals surface area contributed by atoms with Crippen LogP contribution in [0.15, 0.2) is 11.6 Å². The van der Waals surface area contributed by atoms with Gasteiger partial charge < -0.3 is 5.32 Å². The highest BCUT2D eigenvalue weighted by Gasteiger charge is 2.39. The molecule has 2 fully saturated rings. The van der Waals surface area contributed by atoms with E-state index < -0.39 is 0 Å². The maximum Gasteiger partial charge on any atom is 0.110 e. The summed E-state index contributed by atoms with van der Waals surface area (Å²) in [5.41, 5.74) is 0.420. The van der Waals surface area contributed by atoms with Crippen molar-refractivity contribution >= 4 is 11.3 Å². The maximum atomic E-state index is 4.53. The van der Waals surface area contributed by atoms with E-state index in [9.17, 15) is 0 Å². The minimum Gasteiger partial charge on any atom is -0.309 e. The number of piperazine rings is 1. The summed E-state index contributed by atoms with van der Waals surface area (Å²) in [5.74, 6) is 0. The van der Waals surface area contributed by atoms with Gasteiger partial charge in [0.2, 0.25) is 0 Å². The zero-order valence-corrected chi connectivity index (χ0v) is 12.0. The zero-order valence-electron chi connectivity index (χ0n) is 11.2. The van der Waals surface area contributed by atoms with Crippen LogP contribution < -0.4 is 5.32 Å². The first kappa shape index (κ1) is 12.6.